The number of hydrogen-bond donors (Lipinski definition) is 1. The highest BCUT2D eigenvalue weighted by Gasteiger charge is 2.20. The highest BCUT2D eigenvalue weighted by atomic mass is 16.3. The van der Waals surface area contributed by atoms with Crippen LogP contribution in [0.4, 0.5) is 0 Å². The molecule has 0 unspecified atom stereocenters. The van der Waals surface area contributed by atoms with E-state index in [1.54, 1.807) is 0 Å². The lowest BCUT2D eigenvalue weighted by Crippen LogP contribution is -2.22. The van der Waals surface area contributed by atoms with Crippen LogP contribution in [0.1, 0.15) is 25.3 Å². The van der Waals surface area contributed by atoms with Crippen molar-refractivity contribution in [1.29, 1.82) is 0 Å². The van der Waals surface area contributed by atoms with Crippen LogP contribution in [0.5, 0.6) is 0 Å². The van der Waals surface area contributed by atoms with E-state index in [0.29, 0.717) is 0 Å². The van der Waals surface area contributed by atoms with Crippen LogP contribution < -0.4 is 0 Å². The quantitative estimate of drug-likeness (QED) is 0.722. The molecule has 0 amide bonds. The fourth-order valence-corrected chi connectivity index (χ4v) is 1.49. The molecule has 0 fully saturated rings. The monoisotopic (exact) mass is 188 g/mol. The zero-order valence-electron chi connectivity index (χ0n) is 8.64. The molecule has 1 nitrogen and oxygen atoms in total. The molecular formula is C13H16O. The minimum Gasteiger partial charge on any atom is -0.391 e. The third kappa shape index (κ3) is 2.37. The normalized spacial score (nSPS) is 16.7. The molecule has 0 radical (unpaired) electrons. The summed E-state index contributed by atoms with van der Waals surface area (Å²) >= 11 is 0. The molecule has 0 aliphatic carbocycles. The van der Waals surface area contributed by atoms with Gasteiger partial charge in [-0.1, -0.05) is 37.3 Å². The Morgan fingerprint density at radius 1 is 1.21 bits per heavy atom. The van der Waals surface area contributed by atoms with Gasteiger partial charge in [0.05, 0.1) is 6.10 Å². The fourth-order valence-electron chi connectivity index (χ4n) is 1.49. The Kier molecular flexibility index (Phi) is 3.73. The van der Waals surface area contributed by atoms with Crippen molar-refractivity contribution in [2.45, 2.75) is 25.9 Å². The zero-order chi connectivity index (χ0) is 10.6. The lowest BCUT2D eigenvalue weighted by Gasteiger charge is -2.21. The highest BCUT2D eigenvalue weighted by molar-refractivity contribution is 5.20. The molecule has 1 heteroatoms. The third-order valence-corrected chi connectivity index (χ3v) is 2.61. The van der Waals surface area contributed by atoms with Crippen LogP contribution in [0.25, 0.3) is 0 Å². The van der Waals surface area contributed by atoms with E-state index in [9.17, 15) is 5.11 Å². The number of aliphatic hydroxyl groups excluding tert-OH is 1. The molecule has 0 saturated heterocycles. The molecule has 0 aliphatic rings. The first-order chi connectivity index (χ1) is 6.66. The molecule has 0 aromatic heterocycles. The van der Waals surface area contributed by atoms with E-state index in [2.05, 4.69) is 5.92 Å². The molecule has 3 atom stereocenters. The number of rotatable bonds is 3. The average molecular weight is 188 g/mol. The zero-order valence-corrected chi connectivity index (χ0v) is 8.64. The lowest BCUT2D eigenvalue weighted by molar-refractivity contribution is 0.117. The van der Waals surface area contributed by atoms with Crippen LogP contribution in [0, 0.1) is 18.3 Å². The van der Waals surface area contributed by atoms with Gasteiger partial charge >= 0.3 is 0 Å². The van der Waals surface area contributed by atoms with E-state index in [4.69, 9.17) is 6.42 Å². The molecular weight excluding hydrogens is 172 g/mol. The summed E-state index contributed by atoms with van der Waals surface area (Å²) in [6.07, 6.45) is 4.81. The minimum absolute atomic E-state index is 0.0854. The van der Waals surface area contributed by atoms with Gasteiger partial charge in [0.1, 0.15) is 0 Å². The first kappa shape index (κ1) is 10.8. The number of aliphatic hydroxyl groups is 1. The van der Waals surface area contributed by atoms with Crippen LogP contribution in [-0.2, 0) is 0 Å². The second-order valence-corrected chi connectivity index (χ2v) is 3.65. The Morgan fingerprint density at radius 3 is 2.29 bits per heavy atom. The van der Waals surface area contributed by atoms with Crippen molar-refractivity contribution >= 4 is 0 Å². The molecule has 1 aromatic rings. The van der Waals surface area contributed by atoms with Gasteiger partial charge in [0.15, 0.2) is 0 Å². The molecule has 0 bridgehead atoms. The van der Waals surface area contributed by atoms with E-state index in [1.165, 1.54) is 0 Å². The van der Waals surface area contributed by atoms with Gasteiger partial charge in [-0.05, 0) is 12.5 Å². The van der Waals surface area contributed by atoms with Crippen molar-refractivity contribution in [2.75, 3.05) is 0 Å². The van der Waals surface area contributed by atoms with E-state index < -0.39 is 6.10 Å². The van der Waals surface area contributed by atoms with Crippen molar-refractivity contribution < 1.29 is 5.11 Å². The third-order valence-electron chi connectivity index (χ3n) is 2.61. The van der Waals surface area contributed by atoms with Gasteiger partial charge in [0.2, 0.25) is 0 Å². The summed E-state index contributed by atoms with van der Waals surface area (Å²) in [4.78, 5) is 0. The first-order valence-corrected chi connectivity index (χ1v) is 4.86. The Balaban J connectivity index is 2.76. The van der Waals surface area contributed by atoms with E-state index >= 15 is 0 Å². The summed E-state index contributed by atoms with van der Waals surface area (Å²) in [7, 11) is 0. The number of terminal acetylenes is 1. The predicted molar refractivity (Wildman–Crippen MR) is 58.9 cm³/mol. The van der Waals surface area contributed by atoms with Gasteiger partial charge in [-0.25, -0.2) is 0 Å². The van der Waals surface area contributed by atoms with Crippen molar-refractivity contribution in [2.24, 2.45) is 5.92 Å². The van der Waals surface area contributed by atoms with Gasteiger partial charge in [0, 0.05) is 11.8 Å². The van der Waals surface area contributed by atoms with Gasteiger partial charge in [0.25, 0.3) is 0 Å². The van der Waals surface area contributed by atoms with Gasteiger partial charge in [-0.2, -0.15) is 0 Å². The average Bonchev–Trinajstić information content (AvgIpc) is 2.27. The van der Waals surface area contributed by atoms with E-state index in [0.717, 1.165) is 5.56 Å². The Morgan fingerprint density at radius 2 is 1.79 bits per heavy atom. The Labute approximate surface area is 85.8 Å². The number of hydrogen-bond acceptors (Lipinski definition) is 1. The first-order valence-electron chi connectivity index (χ1n) is 4.86. The topological polar surface area (TPSA) is 20.2 Å². The molecule has 0 aliphatic heterocycles. The number of benzene rings is 1. The fraction of sp³-hybridized carbons (Fsp3) is 0.385. The molecule has 1 N–H and O–H groups in total. The summed E-state index contributed by atoms with van der Waals surface area (Å²) in [6.45, 7) is 3.86. The van der Waals surface area contributed by atoms with Gasteiger partial charge in [-0.15, -0.1) is 12.3 Å². The smallest absolute Gasteiger partial charge is 0.0740 e. The maximum absolute atomic E-state index is 9.90. The SMILES string of the molecule is C#C[C@H](C)[C@H](O)[C@@H](C)c1ccccc1. The van der Waals surface area contributed by atoms with E-state index in [1.807, 2.05) is 44.2 Å². The largest absolute Gasteiger partial charge is 0.391 e. The predicted octanol–water partition coefficient (Wildman–Crippen LogP) is 2.42. The van der Waals surface area contributed by atoms with Crippen molar-refractivity contribution in [3.05, 3.63) is 35.9 Å². The van der Waals surface area contributed by atoms with Crippen LogP contribution in [0.3, 0.4) is 0 Å². The van der Waals surface area contributed by atoms with Crippen molar-refractivity contribution in [1.82, 2.24) is 0 Å². The maximum Gasteiger partial charge on any atom is 0.0740 e. The summed E-state index contributed by atoms with van der Waals surface area (Å²) < 4.78 is 0. The van der Waals surface area contributed by atoms with Crippen LogP contribution >= 0.6 is 0 Å². The molecule has 74 valence electrons. The molecule has 0 spiro atoms. The van der Waals surface area contributed by atoms with Crippen LogP contribution in [0.2, 0.25) is 0 Å². The van der Waals surface area contributed by atoms with Gasteiger partial charge < -0.3 is 5.11 Å². The van der Waals surface area contributed by atoms with Crippen molar-refractivity contribution in [3.63, 3.8) is 0 Å². The molecule has 14 heavy (non-hydrogen) atoms. The van der Waals surface area contributed by atoms with Crippen LogP contribution in [0.15, 0.2) is 30.3 Å². The lowest BCUT2D eigenvalue weighted by atomic mass is 9.88. The van der Waals surface area contributed by atoms with E-state index in [-0.39, 0.29) is 11.8 Å². The van der Waals surface area contributed by atoms with Crippen molar-refractivity contribution in [3.8, 4) is 12.3 Å². The summed E-state index contributed by atoms with van der Waals surface area (Å²) in [5.74, 6) is 2.54. The molecule has 0 heterocycles. The molecule has 1 rings (SSSR count). The van der Waals surface area contributed by atoms with Crippen LogP contribution in [-0.4, -0.2) is 11.2 Å². The summed E-state index contributed by atoms with van der Waals surface area (Å²) in [6, 6.07) is 9.93. The van der Waals surface area contributed by atoms with Gasteiger partial charge in [-0.3, -0.25) is 0 Å². The molecule has 1 aromatic carbocycles. The highest BCUT2D eigenvalue weighted by Crippen LogP contribution is 2.23. The molecule has 0 saturated carbocycles. The second kappa shape index (κ2) is 4.83. The second-order valence-electron chi connectivity index (χ2n) is 3.65. The standard InChI is InChI=1S/C13H16O/c1-4-10(2)13(14)11(3)12-8-6-5-7-9-12/h1,5-11,13-14H,2-3H3/t10-,11-,13-/m0/s1. The summed E-state index contributed by atoms with van der Waals surface area (Å²) in [5, 5.41) is 9.90. The maximum atomic E-state index is 9.90. The summed E-state index contributed by atoms with van der Waals surface area (Å²) in [5.41, 5.74) is 1.13. The Bertz CT molecular complexity index is 310. The minimum atomic E-state index is -0.470. The Hall–Kier alpha value is -1.26.